The van der Waals surface area contributed by atoms with Crippen molar-refractivity contribution >= 4 is 23.2 Å². The summed E-state index contributed by atoms with van der Waals surface area (Å²) >= 11 is 0. The first-order valence-corrected chi connectivity index (χ1v) is 5.99. The van der Waals surface area contributed by atoms with Gasteiger partial charge in [0.25, 0.3) is 0 Å². The van der Waals surface area contributed by atoms with E-state index in [4.69, 9.17) is 10.6 Å². The third-order valence-electron chi connectivity index (χ3n) is 2.57. The van der Waals surface area contributed by atoms with Gasteiger partial charge in [0.1, 0.15) is 5.60 Å². The van der Waals surface area contributed by atoms with Crippen molar-refractivity contribution in [2.75, 3.05) is 0 Å². The highest BCUT2D eigenvalue weighted by atomic mass is 16.6. The number of hydrogen-bond donors (Lipinski definition) is 1. The maximum Gasteiger partial charge on any atom is 0.418 e. The second kappa shape index (κ2) is 4.76. The molecule has 0 aliphatic rings. The van der Waals surface area contributed by atoms with Crippen molar-refractivity contribution in [1.82, 2.24) is 4.57 Å². The van der Waals surface area contributed by atoms with Gasteiger partial charge in [-0.25, -0.2) is 4.79 Å². The lowest BCUT2D eigenvalue weighted by Crippen LogP contribution is -2.26. The third-order valence-corrected chi connectivity index (χ3v) is 2.57. The van der Waals surface area contributed by atoms with Crippen LogP contribution in [0.25, 0.3) is 10.9 Å². The zero-order valence-corrected chi connectivity index (χ0v) is 11.3. The van der Waals surface area contributed by atoms with Crippen molar-refractivity contribution in [3.63, 3.8) is 0 Å². The van der Waals surface area contributed by atoms with Crippen molar-refractivity contribution in [3.05, 3.63) is 36.0 Å². The van der Waals surface area contributed by atoms with E-state index >= 15 is 0 Å². The van der Waals surface area contributed by atoms with Crippen molar-refractivity contribution in [2.24, 2.45) is 10.9 Å². The van der Waals surface area contributed by atoms with Gasteiger partial charge in [0.15, 0.2) is 0 Å². The van der Waals surface area contributed by atoms with Crippen LogP contribution >= 0.6 is 0 Å². The Bertz CT molecular complexity index is 636. The molecule has 0 atom stereocenters. The molecule has 0 aliphatic carbocycles. The minimum absolute atomic E-state index is 0.399. The summed E-state index contributed by atoms with van der Waals surface area (Å²) in [6, 6.07) is 7.43. The molecule has 1 aromatic carbocycles. The van der Waals surface area contributed by atoms with Crippen molar-refractivity contribution in [1.29, 1.82) is 0 Å². The van der Waals surface area contributed by atoms with E-state index in [-0.39, 0.29) is 0 Å². The Balaban J connectivity index is 2.46. The second-order valence-corrected chi connectivity index (χ2v) is 5.22. The molecule has 2 aromatic rings. The normalized spacial score (nSPS) is 12.2. The molecule has 2 N–H and O–H groups in total. The van der Waals surface area contributed by atoms with Crippen LogP contribution in [-0.2, 0) is 4.74 Å². The van der Waals surface area contributed by atoms with Gasteiger partial charge in [-0.15, -0.1) is 0 Å². The number of hydrazone groups is 1. The molecule has 2 rings (SSSR count). The monoisotopic (exact) mass is 259 g/mol. The van der Waals surface area contributed by atoms with Crippen LogP contribution in [0.1, 0.15) is 26.3 Å². The average Bonchev–Trinajstić information content (AvgIpc) is 2.72. The molecule has 0 fully saturated rings. The minimum atomic E-state index is -0.524. The zero-order valence-electron chi connectivity index (χ0n) is 11.3. The van der Waals surface area contributed by atoms with E-state index in [1.807, 2.05) is 45.0 Å². The molecule has 0 aliphatic heterocycles. The predicted molar refractivity (Wildman–Crippen MR) is 75.4 cm³/mol. The maximum atomic E-state index is 12.1. The van der Waals surface area contributed by atoms with E-state index in [2.05, 4.69) is 5.10 Å². The van der Waals surface area contributed by atoms with Gasteiger partial charge in [-0.3, -0.25) is 4.57 Å². The predicted octanol–water partition coefficient (Wildman–Crippen LogP) is 2.72. The smallest absolute Gasteiger partial charge is 0.418 e. The van der Waals surface area contributed by atoms with E-state index in [1.165, 1.54) is 4.57 Å². The van der Waals surface area contributed by atoms with Crippen LogP contribution in [0.2, 0.25) is 0 Å². The van der Waals surface area contributed by atoms with Crippen molar-refractivity contribution in [2.45, 2.75) is 26.4 Å². The number of hydrogen-bond acceptors (Lipinski definition) is 4. The van der Waals surface area contributed by atoms with Gasteiger partial charge in [-0.1, -0.05) is 12.1 Å². The number of benzene rings is 1. The highest BCUT2D eigenvalue weighted by Gasteiger charge is 2.19. The Hall–Kier alpha value is -2.30. The number of nitrogens with zero attached hydrogens (tertiary/aromatic N) is 2. The molecule has 0 saturated heterocycles. The van der Waals surface area contributed by atoms with Crippen LogP contribution < -0.4 is 5.84 Å². The first-order valence-electron chi connectivity index (χ1n) is 5.99. The number of nitrogens with two attached hydrogens (primary N) is 1. The Morgan fingerprint density at radius 1 is 1.37 bits per heavy atom. The fraction of sp³-hybridized carbons (Fsp3) is 0.286. The molecule has 1 aromatic heterocycles. The molecule has 0 bridgehead atoms. The van der Waals surface area contributed by atoms with Crippen LogP contribution in [0.15, 0.2) is 35.6 Å². The summed E-state index contributed by atoms with van der Waals surface area (Å²) in [5, 5.41) is 4.42. The molecule has 0 saturated carbocycles. The lowest BCUT2D eigenvalue weighted by atomic mass is 10.1. The van der Waals surface area contributed by atoms with Gasteiger partial charge in [0, 0.05) is 17.1 Å². The number of ether oxygens (including phenoxy) is 1. The second-order valence-electron chi connectivity index (χ2n) is 5.22. The average molecular weight is 259 g/mol. The molecule has 0 spiro atoms. The molecule has 1 heterocycles. The summed E-state index contributed by atoms with van der Waals surface area (Å²) in [7, 11) is 0. The first-order chi connectivity index (χ1) is 8.92. The summed E-state index contributed by atoms with van der Waals surface area (Å²) in [6.07, 6.45) is 2.85. The standard InChI is InChI=1S/C14H17N3O2/c1-14(2,3)19-13(18)17-8-7-11-10(9-16-15)5-4-6-12(11)17/h4-9H,15H2,1-3H3. The lowest BCUT2D eigenvalue weighted by Gasteiger charge is -2.19. The molecule has 5 heteroatoms. The van der Waals surface area contributed by atoms with Gasteiger partial charge >= 0.3 is 6.09 Å². The molecule has 0 unspecified atom stereocenters. The highest BCUT2D eigenvalue weighted by molar-refractivity contribution is 6.01. The van der Waals surface area contributed by atoms with Gasteiger partial charge in [-0.05, 0) is 32.9 Å². The maximum absolute atomic E-state index is 12.1. The Morgan fingerprint density at radius 3 is 2.74 bits per heavy atom. The van der Waals surface area contributed by atoms with Crippen molar-refractivity contribution in [3.8, 4) is 0 Å². The van der Waals surface area contributed by atoms with Crippen LogP contribution in [0.4, 0.5) is 4.79 Å². The van der Waals surface area contributed by atoms with Crippen molar-refractivity contribution < 1.29 is 9.53 Å². The minimum Gasteiger partial charge on any atom is -0.443 e. The summed E-state index contributed by atoms with van der Waals surface area (Å²) in [4.78, 5) is 12.1. The SMILES string of the molecule is CC(C)(C)OC(=O)n1ccc2c(C=NN)cccc21. The van der Waals surface area contributed by atoms with Gasteiger partial charge in [-0.2, -0.15) is 5.10 Å². The number of rotatable bonds is 1. The largest absolute Gasteiger partial charge is 0.443 e. The molecular weight excluding hydrogens is 242 g/mol. The molecule has 5 nitrogen and oxygen atoms in total. The van der Waals surface area contributed by atoms with Gasteiger partial charge < -0.3 is 10.6 Å². The van der Waals surface area contributed by atoms with E-state index in [0.29, 0.717) is 0 Å². The lowest BCUT2D eigenvalue weighted by molar-refractivity contribution is 0.0544. The van der Waals surface area contributed by atoms with E-state index < -0.39 is 11.7 Å². The topological polar surface area (TPSA) is 69.6 Å². The first kappa shape index (κ1) is 13.1. The Kier molecular flexibility index (Phi) is 3.29. The van der Waals surface area contributed by atoms with Crippen LogP contribution in [0, 0.1) is 0 Å². The molecule has 100 valence electrons. The van der Waals surface area contributed by atoms with Crippen LogP contribution in [0.5, 0.6) is 0 Å². The van der Waals surface area contributed by atoms with Crippen LogP contribution in [-0.4, -0.2) is 22.5 Å². The van der Waals surface area contributed by atoms with Gasteiger partial charge in [0.05, 0.1) is 11.7 Å². The summed E-state index contributed by atoms with van der Waals surface area (Å²) in [6.45, 7) is 5.51. The molecule has 19 heavy (non-hydrogen) atoms. The summed E-state index contributed by atoms with van der Waals surface area (Å²) < 4.78 is 6.84. The fourth-order valence-electron chi connectivity index (χ4n) is 1.85. The summed E-state index contributed by atoms with van der Waals surface area (Å²) in [5.41, 5.74) is 1.11. The van der Waals surface area contributed by atoms with E-state index in [1.54, 1.807) is 12.4 Å². The fourth-order valence-corrected chi connectivity index (χ4v) is 1.85. The van der Waals surface area contributed by atoms with Crippen LogP contribution in [0.3, 0.4) is 0 Å². The van der Waals surface area contributed by atoms with E-state index in [9.17, 15) is 4.79 Å². The zero-order chi connectivity index (χ0) is 14.0. The number of carbonyl (C=O) groups excluding carboxylic acids is 1. The highest BCUT2D eigenvalue weighted by Crippen LogP contribution is 2.20. The Morgan fingerprint density at radius 2 is 2.11 bits per heavy atom. The Labute approximate surface area is 111 Å². The number of fused-ring (bicyclic) bond motifs is 1. The quantitative estimate of drug-likeness (QED) is 0.486. The molecule has 0 radical (unpaired) electrons. The number of aromatic nitrogens is 1. The third kappa shape index (κ3) is 2.76. The molecule has 0 amide bonds. The molecular formula is C14H17N3O2. The summed E-state index contributed by atoms with van der Waals surface area (Å²) in [5.74, 6) is 5.17. The number of carbonyl (C=O) groups is 1. The van der Waals surface area contributed by atoms with E-state index in [0.717, 1.165) is 16.5 Å². The van der Waals surface area contributed by atoms with Gasteiger partial charge in [0.2, 0.25) is 0 Å².